The standard InChI is InChI=1S/C13H18N4/c1-2-11-12-4-3-7-16(12)8-9-17(11)10-13-14-5-6-15-13/h3-7,11H,2,8-10H2,1H3,(H,14,15)/t11-/m1/s1. The van der Waals surface area contributed by atoms with Crippen LogP contribution in [0.3, 0.4) is 0 Å². The first-order valence-corrected chi connectivity index (χ1v) is 6.26. The fourth-order valence-corrected chi connectivity index (χ4v) is 2.75. The Hall–Kier alpha value is -1.55. The van der Waals surface area contributed by atoms with Gasteiger partial charge in [-0.2, -0.15) is 0 Å². The van der Waals surface area contributed by atoms with Gasteiger partial charge in [-0.1, -0.05) is 6.92 Å². The first-order chi connectivity index (χ1) is 8.38. The molecule has 1 N–H and O–H groups in total. The number of hydrogen-bond donors (Lipinski definition) is 1. The Morgan fingerprint density at radius 1 is 1.47 bits per heavy atom. The molecule has 2 aromatic heterocycles. The van der Waals surface area contributed by atoms with Crippen molar-refractivity contribution < 1.29 is 0 Å². The smallest absolute Gasteiger partial charge is 0.120 e. The van der Waals surface area contributed by atoms with Gasteiger partial charge in [-0.15, -0.1) is 0 Å². The second-order valence-electron chi connectivity index (χ2n) is 4.56. The summed E-state index contributed by atoms with van der Waals surface area (Å²) in [5.41, 5.74) is 1.44. The third-order valence-corrected chi connectivity index (χ3v) is 3.57. The Bertz CT molecular complexity index is 471. The van der Waals surface area contributed by atoms with Crippen LogP contribution in [0.25, 0.3) is 0 Å². The van der Waals surface area contributed by atoms with E-state index in [1.807, 2.05) is 12.4 Å². The molecule has 0 radical (unpaired) electrons. The molecular weight excluding hydrogens is 212 g/mol. The summed E-state index contributed by atoms with van der Waals surface area (Å²) >= 11 is 0. The normalized spacial score (nSPS) is 20.4. The van der Waals surface area contributed by atoms with E-state index in [2.05, 4.69) is 44.7 Å². The molecule has 0 amide bonds. The molecule has 4 heteroatoms. The van der Waals surface area contributed by atoms with Crippen LogP contribution in [0.2, 0.25) is 0 Å². The summed E-state index contributed by atoms with van der Waals surface area (Å²) in [6.07, 6.45) is 7.04. The quantitative estimate of drug-likeness (QED) is 0.877. The van der Waals surface area contributed by atoms with Crippen LogP contribution in [0.4, 0.5) is 0 Å². The minimum atomic E-state index is 0.517. The first kappa shape index (κ1) is 10.6. The molecular formula is C13H18N4. The van der Waals surface area contributed by atoms with Crippen molar-refractivity contribution in [2.24, 2.45) is 0 Å². The summed E-state index contributed by atoms with van der Waals surface area (Å²) in [5.74, 6) is 1.06. The molecule has 1 aliphatic rings. The molecule has 3 heterocycles. The number of H-pyrrole nitrogens is 1. The van der Waals surface area contributed by atoms with Crippen molar-refractivity contribution in [2.75, 3.05) is 6.54 Å². The lowest BCUT2D eigenvalue weighted by Crippen LogP contribution is -2.37. The van der Waals surface area contributed by atoms with Crippen LogP contribution in [0.15, 0.2) is 30.7 Å². The second kappa shape index (κ2) is 4.37. The maximum absolute atomic E-state index is 4.32. The monoisotopic (exact) mass is 230 g/mol. The van der Waals surface area contributed by atoms with E-state index in [1.165, 1.54) is 5.69 Å². The van der Waals surface area contributed by atoms with E-state index in [9.17, 15) is 0 Å². The van der Waals surface area contributed by atoms with Gasteiger partial charge in [0.25, 0.3) is 0 Å². The predicted octanol–water partition coefficient (Wildman–Crippen LogP) is 2.18. The van der Waals surface area contributed by atoms with Crippen LogP contribution in [0.1, 0.15) is 30.9 Å². The van der Waals surface area contributed by atoms with E-state index in [1.54, 1.807) is 0 Å². The van der Waals surface area contributed by atoms with Gasteiger partial charge in [0.2, 0.25) is 0 Å². The average Bonchev–Trinajstić information content (AvgIpc) is 2.98. The summed E-state index contributed by atoms with van der Waals surface area (Å²) in [5, 5.41) is 0. The van der Waals surface area contributed by atoms with E-state index in [-0.39, 0.29) is 0 Å². The van der Waals surface area contributed by atoms with E-state index in [0.29, 0.717) is 6.04 Å². The zero-order valence-corrected chi connectivity index (χ0v) is 10.1. The minimum Gasteiger partial charge on any atom is -0.349 e. The Morgan fingerprint density at radius 2 is 2.41 bits per heavy atom. The molecule has 4 nitrogen and oxygen atoms in total. The maximum atomic E-state index is 4.32. The van der Waals surface area contributed by atoms with Crippen LogP contribution in [-0.4, -0.2) is 26.0 Å². The third-order valence-electron chi connectivity index (χ3n) is 3.57. The lowest BCUT2D eigenvalue weighted by molar-refractivity contribution is 0.141. The molecule has 0 bridgehead atoms. The van der Waals surface area contributed by atoms with Crippen molar-refractivity contribution in [3.63, 3.8) is 0 Å². The number of rotatable bonds is 3. The Balaban J connectivity index is 1.82. The van der Waals surface area contributed by atoms with Gasteiger partial charge in [0, 0.05) is 37.4 Å². The van der Waals surface area contributed by atoms with Crippen molar-refractivity contribution in [3.8, 4) is 0 Å². The van der Waals surface area contributed by atoms with Crippen LogP contribution in [0, 0.1) is 0 Å². The number of nitrogens with one attached hydrogen (secondary N) is 1. The van der Waals surface area contributed by atoms with Crippen LogP contribution in [-0.2, 0) is 13.1 Å². The first-order valence-electron chi connectivity index (χ1n) is 6.26. The number of nitrogens with zero attached hydrogens (tertiary/aromatic N) is 3. The zero-order chi connectivity index (χ0) is 11.7. The number of fused-ring (bicyclic) bond motifs is 1. The van der Waals surface area contributed by atoms with Crippen molar-refractivity contribution in [3.05, 3.63) is 42.2 Å². The summed E-state index contributed by atoms with van der Waals surface area (Å²) < 4.78 is 2.37. The van der Waals surface area contributed by atoms with Gasteiger partial charge in [-0.05, 0) is 18.6 Å². The SMILES string of the molecule is CC[C@@H]1c2cccn2CCN1Cc1ncc[nH]1. The van der Waals surface area contributed by atoms with Gasteiger partial charge in [-0.25, -0.2) is 4.98 Å². The summed E-state index contributed by atoms with van der Waals surface area (Å²) in [6.45, 7) is 5.35. The van der Waals surface area contributed by atoms with Crippen molar-refractivity contribution in [1.29, 1.82) is 0 Å². The molecule has 0 aromatic carbocycles. The molecule has 0 aliphatic carbocycles. The summed E-state index contributed by atoms with van der Waals surface area (Å²) in [6, 6.07) is 4.90. The molecule has 90 valence electrons. The predicted molar refractivity (Wildman–Crippen MR) is 66.5 cm³/mol. The molecule has 2 aromatic rings. The van der Waals surface area contributed by atoms with E-state index in [0.717, 1.165) is 31.9 Å². The fourth-order valence-electron chi connectivity index (χ4n) is 2.75. The second-order valence-corrected chi connectivity index (χ2v) is 4.56. The van der Waals surface area contributed by atoms with Gasteiger partial charge in [0.15, 0.2) is 0 Å². The Labute approximate surface area is 101 Å². The average molecular weight is 230 g/mol. The van der Waals surface area contributed by atoms with Crippen molar-refractivity contribution in [2.45, 2.75) is 32.5 Å². The van der Waals surface area contributed by atoms with Crippen molar-refractivity contribution >= 4 is 0 Å². The van der Waals surface area contributed by atoms with Gasteiger partial charge < -0.3 is 9.55 Å². The topological polar surface area (TPSA) is 36.9 Å². The van der Waals surface area contributed by atoms with Crippen LogP contribution < -0.4 is 0 Å². The Kier molecular flexibility index (Phi) is 2.73. The Morgan fingerprint density at radius 3 is 3.18 bits per heavy atom. The lowest BCUT2D eigenvalue weighted by Gasteiger charge is -2.36. The highest BCUT2D eigenvalue weighted by atomic mass is 15.2. The fraction of sp³-hybridized carbons (Fsp3) is 0.462. The highest BCUT2D eigenvalue weighted by molar-refractivity contribution is 5.14. The zero-order valence-electron chi connectivity index (χ0n) is 10.1. The van der Waals surface area contributed by atoms with Gasteiger partial charge >= 0.3 is 0 Å². The molecule has 1 aliphatic heterocycles. The van der Waals surface area contributed by atoms with Crippen LogP contribution in [0.5, 0.6) is 0 Å². The summed E-state index contributed by atoms with van der Waals surface area (Å²) in [7, 11) is 0. The molecule has 3 rings (SSSR count). The molecule has 0 fully saturated rings. The molecule has 1 atom stereocenters. The number of hydrogen-bond acceptors (Lipinski definition) is 2. The number of imidazole rings is 1. The van der Waals surface area contributed by atoms with E-state index < -0.39 is 0 Å². The maximum Gasteiger partial charge on any atom is 0.120 e. The molecule has 17 heavy (non-hydrogen) atoms. The van der Waals surface area contributed by atoms with Crippen molar-refractivity contribution in [1.82, 2.24) is 19.4 Å². The highest BCUT2D eigenvalue weighted by Crippen LogP contribution is 2.29. The molecule has 0 spiro atoms. The molecule has 0 unspecified atom stereocenters. The largest absolute Gasteiger partial charge is 0.349 e. The lowest BCUT2D eigenvalue weighted by atomic mass is 10.1. The number of aromatic amines is 1. The molecule has 0 saturated heterocycles. The third kappa shape index (κ3) is 1.89. The van der Waals surface area contributed by atoms with Crippen LogP contribution >= 0.6 is 0 Å². The van der Waals surface area contributed by atoms with E-state index in [4.69, 9.17) is 0 Å². The van der Waals surface area contributed by atoms with Gasteiger partial charge in [0.1, 0.15) is 5.82 Å². The van der Waals surface area contributed by atoms with E-state index >= 15 is 0 Å². The van der Waals surface area contributed by atoms with Gasteiger partial charge in [0.05, 0.1) is 12.6 Å². The van der Waals surface area contributed by atoms with Gasteiger partial charge in [-0.3, -0.25) is 4.90 Å². The molecule has 0 saturated carbocycles. The summed E-state index contributed by atoms with van der Waals surface area (Å²) in [4.78, 5) is 10.0. The highest BCUT2D eigenvalue weighted by Gasteiger charge is 2.25. The number of aromatic nitrogens is 3. The minimum absolute atomic E-state index is 0.517.